The molecule has 1 aromatic carbocycles. The second-order valence-electron chi connectivity index (χ2n) is 5.57. The third-order valence-corrected chi connectivity index (χ3v) is 4.62. The van der Waals surface area contributed by atoms with Crippen molar-refractivity contribution in [2.24, 2.45) is 0 Å². The lowest BCUT2D eigenvalue weighted by atomic mass is 10.2. The second kappa shape index (κ2) is 7.43. The second-order valence-corrected chi connectivity index (χ2v) is 6.60. The van der Waals surface area contributed by atoms with E-state index >= 15 is 0 Å². The Hall–Kier alpha value is -2.74. The molecule has 0 fully saturated rings. The Morgan fingerprint density at radius 2 is 2.08 bits per heavy atom. The Morgan fingerprint density at radius 3 is 2.84 bits per heavy atom. The average Bonchev–Trinajstić information content (AvgIpc) is 3.20. The van der Waals surface area contributed by atoms with E-state index in [1.54, 1.807) is 6.07 Å². The predicted molar refractivity (Wildman–Crippen MR) is 99.1 cm³/mol. The summed E-state index contributed by atoms with van der Waals surface area (Å²) < 4.78 is 0.896. The number of carbonyl (C=O) groups is 2. The van der Waals surface area contributed by atoms with Gasteiger partial charge in [-0.2, -0.15) is 5.10 Å². The van der Waals surface area contributed by atoms with Crippen molar-refractivity contribution >= 4 is 44.2 Å². The third-order valence-electron chi connectivity index (χ3n) is 3.69. The first kappa shape index (κ1) is 17.1. The van der Waals surface area contributed by atoms with Crippen LogP contribution in [0.25, 0.3) is 10.2 Å². The summed E-state index contributed by atoms with van der Waals surface area (Å²) in [5.41, 5.74) is 2.81. The first-order chi connectivity index (χ1) is 12.1. The van der Waals surface area contributed by atoms with Crippen LogP contribution in [0, 0.1) is 0 Å². The van der Waals surface area contributed by atoms with Crippen LogP contribution in [0.4, 0.5) is 10.8 Å². The van der Waals surface area contributed by atoms with Crippen LogP contribution in [0.3, 0.4) is 0 Å². The Labute approximate surface area is 148 Å². The Bertz CT molecular complexity index is 915. The van der Waals surface area contributed by atoms with Crippen LogP contribution in [0.1, 0.15) is 42.7 Å². The first-order valence-corrected chi connectivity index (χ1v) is 8.96. The number of aromatic amines is 1. The number of fused-ring (bicyclic) bond motifs is 1. The summed E-state index contributed by atoms with van der Waals surface area (Å²) in [5, 5.41) is 13.0. The lowest BCUT2D eigenvalue weighted by Crippen LogP contribution is -2.12. The number of aryl methyl sites for hydroxylation is 1. The molecule has 0 saturated carbocycles. The molecule has 8 heteroatoms. The summed E-state index contributed by atoms with van der Waals surface area (Å²) >= 11 is 1.38. The SMILES string of the molecule is CCCC(=O)Nc1nc2ccc(NC(=O)c3cn[nH]c3CC)cc2s1. The molecule has 2 aromatic heterocycles. The summed E-state index contributed by atoms with van der Waals surface area (Å²) in [5.74, 6) is -0.243. The standard InChI is InChI=1S/C17H19N5O2S/c1-3-5-15(23)21-17-20-13-7-6-10(8-14(13)25-17)19-16(24)11-9-18-22-12(11)4-2/h6-9H,3-5H2,1-2H3,(H,18,22)(H,19,24)(H,20,21,23). The normalized spacial score (nSPS) is 10.8. The molecular formula is C17H19N5O2S. The van der Waals surface area contributed by atoms with Gasteiger partial charge in [0.15, 0.2) is 5.13 Å². The molecule has 0 bridgehead atoms. The number of anilines is 2. The van der Waals surface area contributed by atoms with Crippen molar-refractivity contribution in [2.45, 2.75) is 33.1 Å². The van der Waals surface area contributed by atoms with Gasteiger partial charge in [-0.25, -0.2) is 4.98 Å². The number of nitrogens with zero attached hydrogens (tertiary/aromatic N) is 2. The third kappa shape index (κ3) is 3.85. The van der Waals surface area contributed by atoms with Crippen molar-refractivity contribution in [3.63, 3.8) is 0 Å². The van der Waals surface area contributed by atoms with E-state index in [0.717, 1.165) is 22.3 Å². The minimum absolute atomic E-state index is 0.0397. The van der Waals surface area contributed by atoms with Gasteiger partial charge < -0.3 is 10.6 Å². The number of rotatable bonds is 6. The van der Waals surface area contributed by atoms with E-state index in [-0.39, 0.29) is 11.8 Å². The van der Waals surface area contributed by atoms with Crippen LogP contribution in [0.15, 0.2) is 24.4 Å². The number of aromatic nitrogens is 3. The minimum atomic E-state index is -0.203. The Balaban J connectivity index is 1.77. The summed E-state index contributed by atoms with van der Waals surface area (Å²) in [7, 11) is 0. The molecule has 0 atom stereocenters. The molecule has 130 valence electrons. The average molecular weight is 357 g/mol. The maximum atomic E-state index is 12.4. The highest BCUT2D eigenvalue weighted by atomic mass is 32.1. The van der Waals surface area contributed by atoms with Crippen molar-refractivity contribution in [3.8, 4) is 0 Å². The van der Waals surface area contributed by atoms with Crippen LogP contribution < -0.4 is 10.6 Å². The molecule has 25 heavy (non-hydrogen) atoms. The summed E-state index contributed by atoms with van der Waals surface area (Å²) in [6, 6.07) is 5.47. The molecule has 0 radical (unpaired) electrons. The zero-order chi connectivity index (χ0) is 17.8. The predicted octanol–water partition coefficient (Wildman–Crippen LogP) is 3.57. The summed E-state index contributed by atoms with van der Waals surface area (Å²) in [6.45, 7) is 3.92. The van der Waals surface area contributed by atoms with Gasteiger partial charge in [-0.3, -0.25) is 14.7 Å². The van der Waals surface area contributed by atoms with Crippen LogP contribution in [-0.2, 0) is 11.2 Å². The summed E-state index contributed by atoms with van der Waals surface area (Å²) in [4.78, 5) is 28.4. The molecule has 0 saturated heterocycles. The van der Waals surface area contributed by atoms with Gasteiger partial charge in [0.1, 0.15) is 0 Å². The Kier molecular flexibility index (Phi) is 5.08. The molecule has 0 aliphatic rings. The molecule has 0 aliphatic heterocycles. The fourth-order valence-corrected chi connectivity index (χ4v) is 3.36. The number of hydrogen-bond donors (Lipinski definition) is 3. The smallest absolute Gasteiger partial charge is 0.259 e. The zero-order valence-corrected chi connectivity index (χ0v) is 14.9. The van der Waals surface area contributed by atoms with Crippen molar-refractivity contribution in [1.82, 2.24) is 15.2 Å². The van der Waals surface area contributed by atoms with Crippen molar-refractivity contribution < 1.29 is 9.59 Å². The molecule has 0 spiro atoms. The quantitative estimate of drug-likeness (QED) is 0.628. The van der Waals surface area contributed by atoms with Crippen molar-refractivity contribution in [3.05, 3.63) is 35.7 Å². The Morgan fingerprint density at radius 1 is 1.24 bits per heavy atom. The van der Waals surface area contributed by atoms with E-state index < -0.39 is 0 Å². The molecular weight excluding hydrogens is 338 g/mol. The van der Waals surface area contributed by atoms with Crippen LogP contribution in [-0.4, -0.2) is 27.0 Å². The van der Waals surface area contributed by atoms with E-state index in [2.05, 4.69) is 25.8 Å². The lowest BCUT2D eigenvalue weighted by molar-refractivity contribution is -0.116. The monoisotopic (exact) mass is 357 g/mol. The maximum absolute atomic E-state index is 12.4. The fourth-order valence-electron chi connectivity index (χ4n) is 2.44. The van der Waals surface area contributed by atoms with Crippen molar-refractivity contribution in [1.29, 1.82) is 0 Å². The number of benzene rings is 1. The van der Waals surface area contributed by atoms with E-state index in [9.17, 15) is 9.59 Å². The van der Waals surface area contributed by atoms with E-state index in [1.807, 2.05) is 26.0 Å². The largest absolute Gasteiger partial charge is 0.322 e. The van der Waals surface area contributed by atoms with Gasteiger partial charge in [0.05, 0.1) is 22.0 Å². The maximum Gasteiger partial charge on any atom is 0.259 e. The van der Waals surface area contributed by atoms with Crippen LogP contribution >= 0.6 is 11.3 Å². The van der Waals surface area contributed by atoms with Crippen molar-refractivity contribution in [2.75, 3.05) is 10.6 Å². The van der Waals surface area contributed by atoms with Gasteiger partial charge in [0, 0.05) is 17.8 Å². The van der Waals surface area contributed by atoms with E-state index in [1.165, 1.54) is 17.5 Å². The number of H-pyrrole nitrogens is 1. The molecule has 3 rings (SSSR count). The first-order valence-electron chi connectivity index (χ1n) is 8.14. The fraction of sp³-hybridized carbons (Fsp3) is 0.294. The molecule has 0 unspecified atom stereocenters. The van der Waals surface area contributed by atoms with E-state index in [4.69, 9.17) is 0 Å². The lowest BCUT2D eigenvalue weighted by Gasteiger charge is -2.04. The highest BCUT2D eigenvalue weighted by Gasteiger charge is 2.14. The summed E-state index contributed by atoms with van der Waals surface area (Å²) in [6.07, 6.45) is 3.50. The number of carbonyl (C=O) groups excluding carboxylic acids is 2. The molecule has 3 aromatic rings. The number of hydrogen-bond acceptors (Lipinski definition) is 5. The molecule has 7 nitrogen and oxygen atoms in total. The topological polar surface area (TPSA) is 99.8 Å². The molecule has 2 amide bonds. The number of nitrogens with one attached hydrogen (secondary N) is 3. The molecule has 2 heterocycles. The zero-order valence-electron chi connectivity index (χ0n) is 14.0. The van der Waals surface area contributed by atoms with Gasteiger partial charge in [0.2, 0.25) is 5.91 Å². The van der Waals surface area contributed by atoms with Gasteiger partial charge >= 0.3 is 0 Å². The molecule has 3 N–H and O–H groups in total. The van der Waals surface area contributed by atoms with Crippen LogP contribution in [0.2, 0.25) is 0 Å². The highest BCUT2D eigenvalue weighted by Crippen LogP contribution is 2.28. The number of amides is 2. The molecule has 0 aliphatic carbocycles. The highest BCUT2D eigenvalue weighted by molar-refractivity contribution is 7.22. The van der Waals surface area contributed by atoms with Gasteiger partial charge in [-0.15, -0.1) is 0 Å². The van der Waals surface area contributed by atoms with Gasteiger partial charge in [0.25, 0.3) is 5.91 Å². The van der Waals surface area contributed by atoms with E-state index in [0.29, 0.717) is 29.2 Å². The van der Waals surface area contributed by atoms with Gasteiger partial charge in [-0.1, -0.05) is 25.2 Å². The minimum Gasteiger partial charge on any atom is -0.322 e. The number of thiazole rings is 1. The van der Waals surface area contributed by atoms with Crippen LogP contribution in [0.5, 0.6) is 0 Å². The van der Waals surface area contributed by atoms with Gasteiger partial charge in [-0.05, 0) is 31.0 Å².